The second-order valence-electron chi connectivity index (χ2n) is 3.84. The Balaban J connectivity index is 2.53. The van der Waals surface area contributed by atoms with Crippen LogP contribution < -0.4 is 0 Å². The second kappa shape index (κ2) is 6.00. The van der Waals surface area contributed by atoms with E-state index in [4.69, 9.17) is 5.11 Å². The minimum atomic E-state index is -1.09. The molecule has 0 aliphatic rings. The Morgan fingerprint density at radius 3 is 1.95 bits per heavy atom. The molecule has 0 spiro atoms. The summed E-state index contributed by atoms with van der Waals surface area (Å²) in [4.78, 5) is 23.5. The molecular weight excluding hydrogens is 470 g/mol. The predicted octanol–water partition coefficient (Wildman–Crippen LogP) is 3.83. The van der Waals surface area contributed by atoms with Crippen molar-refractivity contribution >= 4 is 56.9 Å². The molecule has 2 rings (SSSR count). The lowest BCUT2D eigenvalue weighted by atomic mass is 9.98. The van der Waals surface area contributed by atoms with Crippen molar-refractivity contribution in [1.82, 2.24) is 0 Å². The van der Waals surface area contributed by atoms with Crippen LogP contribution in [0.3, 0.4) is 0 Å². The van der Waals surface area contributed by atoms with Crippen molar-refractivity contribution in [3.8, 4) is 0 Å². The first kappa shape index (κ1) is 14.4. The number of rotatable bonds is 3. The van der Waals surface area contributed by atoms with Gasteiger partial charge in [0, 0.05) is 18.3 Å². The number of benzene rings is 2. The summed E-state index contributed by atoms with van der Waals surface area (Å²) in [5, 5.41) is 9.12. The summed E-state index contributed by atoms with van der Waals surface area (Å²) in [6, 6.07) is 11.7. The maximum Gasteiger partial charge on any atom is 0.336 e. The molecule has 0 fully saturated rings. The number of carboxylic acids is 1. The Kier molecular flexibility index (Phi) is 4.56. The quantitative estimate of drug-likeness (QED) is 0.540. The molecular formula is C14H8I2O3. The van der Waals surface area contributed by atoms with Crippen molar-refractivity contribution in [3.63, 3.8) is 0 Å². The van der Waals surface area contributed by atoms with E-state index in [1.807, 2.05) is 6.07 Å². The molecule has 0 heterocycles. The number of hydrogen-bond donors (Lipinski definition) is 1. The van der Waals surface area contributed by atoms with Crippen molar-refractivity contribution in [3.05, 3.63) is 66.3 Å². The zero-order valence-electron chi connectivity index (χ0n) is 9.56. The summed E-state index contributed by atoms with van der Waals surface area (Å²) in [6.45, 7) is 0. The second-order valence-corrected chi connectivity index (χ2v) is 6.33. The summed E-state index contributed by atoms with van der Waals surface area (Å²) in [7, 11) is 0. The van der Waals surface area contributed by atoms with Crippen molar-refractivity contribution < 1.29 is 14.7 Å². The van der Waals surface area contributed by atoms with Crippen molar-refractivity contribution in [1.29, 1.82) is 0 Å². The van der Waals surface area contributed by atoms with E-state index in [1.165, 1.54) is 6.07 Å². The predicted molar refractivity (Wildman–Crippen MR) is 88.7 cm³/mol. The first-order chi connectivity index (χ1) is 8.99. The van der Waals surface area contributed by atoms with E-state index >= 15 is 0 Å². The van der Waals surface area contributed by atoms with Gasteiger partial charge in [0.1, 0.15) is 0 Å². The molecule has 0 radical (unpaired) electrons. The van der Waals surface area contributed by atoms with Gasteiger partial charge in [-0.1, -0.05) is 18.2 Å². The van der Waals surface area contributed by atoms with Gasteiger partial charge in [-0.2, -0.15) is 0 Å². The first-order valence-electron chi connectivity index (χ1n) is 5.32. The van der Waals surface area contributed by atoms with Crippen LogP contribution >= 0.6 is 45.2 Å². The van der Waals surface area contributed by atoms with E-state index < -0.39 is 5.97 Å². The number of carbonyl (C=O) groups excluding carboxylic acids is 1. The molecule has 0 atom stereocenters. The van der Waals surface area contributed by atoms with Gasteiger partial charge in [0.15, 0.2) is 5.78 Å². The van der Waals surface area contributed by atoms with E-state index in [-0.39, 0.29) is 16.9 Å². The number of halogens is 2. The summed E-state index contributed by atoms with van der Waals surface area (Å²) in [5.74, 6) is -1.36. The van der Waals surface area contributed by atoms with E-state index in [2.05, 4.69) is 45.2 Å². The Morgan fingerprint density at radius 1 is 0.895 bits per heavy atom. The summed E-state index contributed by atoms with van der Waals surface area (Å²) in [5.41, 5.74) is 0.749. The molecule has 0 amide bonds. The molecule has 0 aliphatic heterocycles. The Bertz CT molecular complexity index is 645. The highest BCUT2D eigenvalue weighted by atomic mass is 127. The molecule has 2 aromatic carbocycles. The van der Waals surface area contributed by atoms with Gasteiger partial charge in [0.25, 0.3) is 0 Å². The summed E-state index contributed by atoms with van der Waals surface area (Å²) < 4.78 is 1.89. The van der Waals surface area contributed by atoms with Gasteiger partial charge in [-0.25, -0.2) is 4.79 Å². The van der Waals surface area contributed by atoms with Crippen LogP contribution in [0.25, 0.3) is 0 Å². The van der Waals surface area contributed by atoms with Crippen LogP contribution in [0.4, 0.5) is 0 Å². The third-order valence-corrected chi connectivity index (χ3v) is 3.77. The zero-order valence-corrected chi connectivity index (χ0v) is 13.9. The molecule has 19 heavy (non-hydrogen) atoms. The molecule has 0 saturated carbocycles. The Hall–Kier alpha value is -0.960. The van der Waals surface area contributed by atoms with Crippen LogP contribution in [0.5, 0.6) is 0 Å². The van der Waals surface area contributed by atoms with Gasteiger partial charge < -0.3 is 5.11 Å². The van der Waals surface area contributed by atoms with Gasteiger partial charge in [-0.3, -0.25) is 4.79 Å². The van der Waals surface area contributed by atoms with E-state index in [0.717, 1.165) is 7.14 Å². The highest BCUT2D eigenvalue weighted by Gasteiger charge is 2.17. The molecule has 0 saturated heterocycles. The highest BCUT2D eigenvalue weighted by Crippen LogP contribution is 2.19. The molecule has 0 aromatic heterocycles. The molecule has 1 N–H and O–H groups in total. The molecule has 0 bridgehead atoms. The lowest BCUT2D eigenvalue weighted by molar-refractivity contribution is 0.0693. The average molecular weight is 478 g/mol. The fourth-order valence-electron chi connectivity index (χ4n) is 1.71. The van der Waals surface area contributed by atoms with Gasteiger partial charge in [-0.05, 0) is 69.4 Å². The molecule has 0 unspecified atom stereocenters. The van der Waals surface area contributed by atoms with Crippen LogP contribution in [-0.2, 0) is 0 Å². The van der Waals surface area contributed by atoms with Gasteiger partial charge in [-0.15, -0.1) is 0 Å². The Morgan fingerprint density at radius 2 is 1.42 bits per heavy atom. The maximum absolute atomic E-state index is 12.4. The Labute approximate surface area is 137 Å². The van der Waals surface area contributed by atoms with Gasteiger partial charge in [0.05, 0.1) is 5.56 Å². The molecule has 0 aliphatic carbocycles. The van der Waals surface area contributed by atoms with Crippen LogP contribution in [-0.4, -0.2) is 16.9 Å². The van der Waals surface area contributed by atoms with Crippen LogP contribution in [0.2, 0.25) is 0 Å². The lowest BCUT2D eigenvalue weighted by Gasteiger charge is -2.06. The van der Waals surface area contributed by atoms with Crippen molar-refractivity contribution in [2.75, 3.05) is 0 Å². The van der Waals surface area contributed by atoms with Crippen LogP contribution in [0, 0.1) is 7.14 Å². The van der Waals surface area contributed by atoms with Crippen molar-refractivity contribution in [2.24, 2.45) is 0 Å². The minimum absolute atomic E-state index is 0.0290. The fraction of sp³-hybridized carbons (Fsp3) is 0. The number of aromatic carboxylic acids is 1. The summed E-state index contributed by atoms with van der Waals surface area (Å²) >= 11 is 4.27. The molecule has 5 heteroatoms. The third kappa shape index (κ3) is 3.33. The smallest absolute Gasteiger partial charge is 0.336 e. The van der Waals surface area contributed by atoms with Gasteiger partial charge >= 0.3 is 5.97 Å². The monoisotopic (exact) mass is 478 g/mol. The normalized spacial score (nSPS) is 10.2. The van der Waals surface area contributed by atoms with Gasteiger partial charge in [0.2, 0.25) is 0 Å². The van der Waals surface area contributed by atoms with Crippen LogP contribution in [0.15, 0.2) is 42.5 Å². The van der Waals surface area contributed by atoms with E-state index in [0.29, 0.717) is 5.56 Å². The summed E-state index contributed by atoms with van der Waals surface area (Å²) in [6.07, 6.45) is 0. The first-order valence-corrected chi connectivity index (χ1v) is 7.48. The average Bonchev–Trinajstić information content (AvgIpc) is 2.36. The fourth-order valence-corrected chi connectivity index (χ4v) is 3.65. The van der Waals surface area contributed by atoms with E-state index in [1.54, 1.807) is 30.3 Å². The van der Waals surface area contributed by atoms with Crippen LogP contribution in [0.1, 0.15) is 26.3 Å². The maximum atomic E-state index is 12.4. The molecule has 96 valence electrons. The molecule has 2 aromatic rings. The number of carbonyl (C=O) groups is 2. The van der Waals surface area contributed by atoms with E-state index in [9.17, 15) is 9.59 Å². The topological polar surface area (TPSA) is 54.4 Å². The minimum Gasteiger partial charge on any atom is -0.478 e. The number of ketones is 1. The third-order valence-electron chi connectivity index (χ3n) is 2.53. The molecule has 3 nitrogen and oxygen atoms in total. The van der Waals surface area contributed by atoms with Crippen molar-refractivity contribution in [2.45, 2.75) is 0 Å². The largest absolute Gasteiger partial charge is 0.478 e. The lowest BCUT2D eigenvalue weighted by Crippen LogP contribution is -2.09. The standard InChI is InChI=1S/C14H8I2O3/c15-9-5-8(6-10(16)7-9)13(17)11-3-1-2-4-12(11)14(18)19/h1-7H,(H,18,19). The number of carboxylic acid groups (broad SMARTS) is 1. The SMILES string of the molecule is O=C(O)c1ccccc1C(=O)c1cc(I)cc(I)c1. The zero-order chi connectivity index (χ0) is 14.0. The number of hydrogen-bond acceptors (Lipinski definition) is 2. The highest BCUT2D eigenvalue weighted by molar-refractivity contribution is 14.1.